The molecule has 5 N–H and O–H groups in total. The largest absolute Gasteiger partial charge is 0.481 e. The van der Waals surface area contributed by atoms with Crippen molar-refractivity contribution in [3.63, 3.8) is 0 Å². The second kappa shape index (κ2) is 2.62. The van der Waals surface area contributed by atoms with Crippen LogP contribution in [0.4, 0.5) is 0 Å². The summed E-state index contributed by atoms with van der Waals surface area (Å²) in [6, 6.07) is 0. The second-order valence-corrected chi connectivity index (χ2v) is 2.60. The van der Waals surface area contributed by atoms with E-state index in [4.69, 9.17) is 21.1 Å². The van der Waals surface area contributed by atoms with Gasteiger partial charge in [-0.3, -0.25) is 4.79 Å². The summed E-state index contributed by atoms with van der Waals surface area (Å²) in [5, 5.41) is 26.8. The molecule has 1 atom stereocenters. The first kappa shape index (κ1) is 8.76. The van der Waals surface area contributed by atoms with Gasteiger partial charge >= 0.3 is 5.97 Å². The van der Waals surface area contributed by atoms with E-state index in [9.17, 15) is 4.79 Å². The van der Waals surface area contributed by atoms with Gasteiger partial charge in [-0.05, 0) is 12.2 Å². The van der Waals surface area contributed by atoms with Crippen LogP contribution in [0.25, 0.3) is 0 Å². The van der Waals surface area contributed by atoms with Gasteiger partial charge in [0.15, 0.2) is 0 Å². The normalized spacial score (nSPS) is 26.5. The van der Waals surface area contributed by atoms with Crippen molar-refractivity contribution in [2.45, 2.75) is 5.79 Å². The molecular weight excluding hydrogens is 162 g/mol. The molecule has 1 aliphatic rings. The predicted molar refractivity (Wildman–Crippen MR) is 39.7 cm³/mol. The van der Waals surface area contributed by atoms with Crippen molar-refractivity contribution in [2.24, 2.45) is 11.7 Å². The zero-order chi connectivity index (χ0) is 9.35. The lowest BCUT2D eigenvalue weighted by Gasteiger charge is -2.25. The maximum absolute atomic E-state index is 10.4. The Bertz CT molecular complexity index is 267. The van der Waals surface area contributed by atoms with Crippen LogP contribution in [0.2, 0.25) is 0 Å². The zero-order valence-electron chi connectivity index (χ0n) is 6.14. The molecule has 0 aliphatic heterocycles. The number of hydrogen-bond donors (Lipinski definition) is 4. The van der Waals surface area contributed by atoms with E-state index in [-0.39, 0.29) is 5.70 Å². The number of allylic oxidation sites excluding steroid dienone is 1. The molecule has 0 radical (unpaired) electrons. The molecule has 0 aromatic rings. The van der Waals surface area contributed by atoms with Crippen LogP contribution in [0.15, 0.2) is 23.9 Å². The van der Waals surface area contributed by atoms with Crippen molar-refractivity contribution in [3.8, 4) is 0 Å². The Morgan fingerprint density at radius 3 is 2.58 bits per heavy atom. The van der Waals surface area contributed by atoms with Crippen LogP contribution < -0.4 is 5.73 Å². The number of nitrogens with two attached hydrogens (primary N) is 1. The average molecular weight is 171 g/mol. The van der Waals surface area contributed by atoms with Crippen molar-refractivity contribution >= 4 is 5.97 Å². The quantitative estimate of drug-likeness (QED) is 0.370. The zero-order valence-corrected chi connectivity index (χ0v) is 6.14. The molecule has 12 heavy (non-hydrogen) atoms. The molecule has 0 saturated carbocycles. The fourth-order valence-electron chi connectivity index (χ4n) is 0.996. The van der Waals surface area contributed by atoms with Gasteiger partial charge in [0, 0.05) is 5.70 Å². The Balaban J connectivity index is 2.96. The van der Waals surface area contributed by atoms with Gasteiger partial charge in [-0.1, -0.05) is 6.08 Å². The summed E-state index contributed by atoms with van der Waals surface area (Å²) in [7, 11) is 0. The highest BCUT2D eigenvalue weighted by Gasteiger charge is 2.38. The molecule has 0 saturated heterocycles. The summed E-state index contributed by atoms with van der Waals surface area (Å²) in [5.41, 5.74) is 5.37. The Morgan fingerprint density at radius 1 is 1.58 bits per heavy atom. The monoisotopic (exact) mass is 171 g/mol. The highest BCUT2D eigenvalue weighted by Crippen LogP contribution is 2.23. The fraction of sp³-hybridized carbons (Fsp3) is 0.286. The SMILES string of the molecule is NC1=CC(O)(O)C(C(=O)O)C=C1. The summed E-state index contributed by atoms with van der Waals surface area (Å²) < 4.78 is 0. The molecule has 66 valence electrons. The third-order valence-corrected chi connectivity index (χ3v) is 1.58. The lowest BCUT2D eigenvalue weighted by Crippen LogP contribution is -2.41. The molecule has 1 unspecified atom stereocenters. The summed E-state index contributed by atoms with van der Waals surface area (Å²) in [4.78, 5) is 10.4. The average Bonchev–Trinajstić information content (AvgIpc) is 1.82. The summed E-state index contributed by atoms with van der Waals surface area (Å²) in [6.07, 6.45) is 3.35. The van der Waals surface area contributed by atoms with E-state index in [2.05, 4.69) is 0 Å². The van der Waals surface area contributed by atoms with E-state index in [1.54, 1.807) is 0 Å². The first-order valence-electron chi connectivity index (χ1n) is 3.27. The van der Waals surface area contributed by atoms with Gasteiger partial charge in [0.1, 0.15) is 5.92 Å². The van der Waals surface area contributed by atoms with Gasteiger partial charge in [-0.2, -0.15) is 0 Å². The van der Waals surface area contributed by atoms with Crippen LogP contribution in [-0.4, -0.2) is 27.1 Å². The molecule has 0 aromatic heterocycles. The highest BCUT2D eigenvalue weighted by molar-refractivity contribution is 5.74. The molecule has 0 heterocycles. The van der Waals surface area contributed by atoms with Crippen molar-refractivity contribution in [3.05, 3.63) is 23.9 Å². The predicted octanol–water partition coefficient (Wildman–Crippen LogP) is -1.22. The van der Waals surface area contributed by atoms with Crippen LogP contribution in [-0.2, 0) is 4.79 Å². The smallest absolute Gasteiger partial charge is 0.316 e. The number of carbonyl (C=O) groups is 1. The van der Waals surface area contributed by atoms with Crippen LogP contribution >= 0.6 is 0 Å². The third-order valence-electron chi connectivity index (χ3n) is 1.58. The fourth-order valence-corrected chi connectivity index (χ4v) is 0.996. The van der Waals surface area contributed by atoms with Gasteiger partial charge in [-0.15, -0.1) is 0 Å². The molecule has 0 fully saturated rings. The molecule has 1 aliphatic carbocycles. The lowest BCUT2D eigenvalue weighted by molar-refractivity contribution is -0.176. The van der Waals surface area contributed by atoms with Crippen molar-refractivity contribution < 1.29 is 20.1 Å². The minimum absolute atomic E-state index is 0.137. The molecule has 0 bridgehead atoms. The van der Waals surface area contributed by atoms with E-state index < -0.39 is 17.7 Å². The van der Waals surface area contributed by atoms with Gasteiger partial charge in [-0.25, -0.2) is 0 Å². The minimum atomic E-state index is -2.38. The summed E-state index contributed by atoms with van der Waals surface area (Å²) in [5.74, 6) is -5.05. The maximum atomic E-state index is 10.4. The van der Waals surface area contributed by atoms with Gasteiger partial charge in [0.05, 0.1) is 0 Å². The van der Waals surface area contributed by atoms with Crippen LogP contribution in [0, 0.1) is 5.92 Å². The topological polar surface area (TPSA) is 104 Å². The molecule has 0 spiro atoms. The Morgan fingerprint density at radius 2 is 2.17 bits per heavy atom. The van der Waals surface area contributed by atoms with Gasteiger partial charge in [0.25, 0.3) is 0 Å². The van der Waals surface area contributed by atoms with Crippen LogP contribution in [0.5, 0.6) is 0 Å². The first-order chi connectivity index (χ1) is 5.43. The standard InChI is InChI=1S/C7H9NO4/c8-4-1-2-5(6(9)10)7(11,12)3-4/h1-3,5,11-12H,8H2,(H,9,10). The molecule has 5 nitrogen and oxygen atoms in total. The number of carboxylic acids is 1. The van der Waals surface area contributed by atoms with Crippen molar-refractivity contribution in [1.82, 2.24) is 0 Å². The molecular formula is C7H9NO4. The Hall–Kier alpha value is -1.33. The van der Waals surface area contributed by atoms with Gasteiger partial charge < -0.3 is 21.1 Å². The molecule has 0 amide bonds. The molecule has 0 aromatic carbocycles. The highest BCUT2D eigenvalue weighted by atomic mass is 16.5. The summed E-state index contributed by atoms with van der Waals surface area (Å²) in [6.45, 7) is 0. The Kier molecular flexibility index (Phi) is 1.91. The molecule has 5 heteroatoms. The molecule has 1 rings (SSSR count). The minimum Gasteiger partial charge on any atom is -0.481 e. The Labute approximate surface area is 68.4 Å². The van der Waals surface area contributed by atoms with E-state index in [1.807, 2.05) is 0 Å². The van der Waals surface area contributed by atoms with Crippen molar-refractivity contribution in [1.29, 1.82) is 0 Å². The van der Waals surface area contributed by atoms with E-state index in [0.29, 0.717) is 0 Å². The number of carboxylic acid groups (broad SMARTS) is 1. The van der Waals surface area contributed by atoms with Crippen LogP contribution in [0.1, 0.15) is 0 Å². The third kappa shape index (κ3) is 1.46. The second-order valence-electron chi connectivity index (χ2n) is 2.60. The lowest BCUT2D eigenvalue weighted by atomic mass is 9.93. The van der Waals surface area contributed by atoms with E-state index in [0.717, 1.165) is 12.2 Å². The van der Waals surface area contributed by atoms with Crippen LogP contribution in [0.3, 0.4) is 0 Å². The maximum Gasteiger partial charge on any atom is 0.316 e. The number of aliphatic carboxylic acids is 1. The summed E-state index contributed by atoms with van der Waals surface area (Å²) >= 11 is 0. The van der Waals surface area contributed by atoms with E-state index >= 15 is 0 Å². The number of rotatable bonds is 1. The number of hydrogen-bond acceptors (Lipinski definition) is 4. The van der Waals surface area contributed by atoms with E-state index in [1.165, 1.54) is 6.08 Å². The first-order valence-corrected chi connectivity index (χ1v) is 3.27. The van der Waals surface area contributed by atoms with Gasteiger partial charge in [0.2, 0.25) is 5.79 Å². The van der Waals surface area contributed by atoms with Crippen molar-refractivity contribution in [2.75, 3.05) is 0 Å². The number of aliphatic hydroxyl groups is 2.